The van der Waals surface area contributed by atoms with Crippen molar-refractivity contribution in [1.29, 1.82) is 0 Å². The normalized spacial score (nSPS) is 10.2. The molecule has 0 fully saturated rings. The SMILES string of the molecule is Clc1ccc(CNc2cnns2)o1. The molecule has 0 atom stereocenters. The average molecular weight is 216 g/mol. The zero-order valence-electron chi connectivity index (χ0n) is 6.53. The van der Waals surface area contributed by atoms with Crippen molar-refractivity contribution < 1.29 is 4.42 Å². The monoisotopic (exact) mass is 215 g/mol. The van der Waals surface area contributed by atoms with E-state index in [0.717, 1.165) is 10.8 Å². The molecule has 0 saturated carbocycles. The molecule has 0 amide bonds. The summed E-state index contributed by atoms with van der Waals surface area (Å²) in [5, 5.41) is 8.10. The third kappa shape index (κ3) is 2.19. The van der Waals surface area contributed by atoms with Gasteiger partial charge < -0.3 is 9.73 Å². The molecule has 68 valence electrons. The van der Waals surface area contributed by atoms with Crippen molar-refractivity contribution in [2.24, 2.45) is 0 Å². The number of anilines is 1. The molecule has 0 aromatic carbocycles. The van der Waals surface area contributed by atoms with Gasteiger partial charge in [-0.2, -0.15) is 0 Å². The van der Waals surface area contributed by atoms with Crippen LogP contribution in [0.15, 0.2) is 22.7 Å². The molecule has 0 spiro atoms. The second kappa shape index (κ2) is 3.76. The van der Waals surface area contributed by atoms with E-state index in [2.05, 4.69) is 14.9 Å². The quantitative estimate of drug-likeness (QED) is 0.854. The van der Waals surface area contributed by atoms with E-state index in [1.807, 2.05) is 6.07 Å². The number of furan rings is 1. The van der Waals surface area contributed by atoms with Crippen molar-refractivity contribution in [3.05, 3.63) is 29.3 Å². The zero-order valence-corrected chi connectivity index (χ0v) is 8.10. The van der Waals surface area contributed by atoms with Crippen LogP contribution in [0, 0.1) is 0 Å². The van der Waals surface area contributed by atoms with Crippen molar-refractivity contribution in [2.45, 2.75) is 6.54 Å². The average Bonchev–Trinajstić information content (AvgIpc) is 2.71. The summed E-state index contributed by atoms with van der Waals surface area (Å²) in [4.78, 5) is 0. The standard InChI is InChI=1S/C7H6ClN3OS/c8-6-2-1-5(12-6)3-9-7-4-10-11-13-7/h1-2,4,9H,3H2. The summed E-state index contributed by atoms with van der Waals surface area (Å²) in [6.07, 6.45) is 1.66. The highest BCUT2D eigenvalue weighted by Gasteiger charge is 2.00. The van der Waals surface area contributed by atoms with Crippen molar-refractivity contribution >= 4 is 28.1 Å². The Balaban J connectivity index is 1.93. The van der Waals surface area contributed by atoms with E-state index in [1.54, 1.807) is 12.3 Å². The van der Waals surface area contributed by atoms with Crippen LogP contribution in [0.3, 0.4) is 0 Å². The van der Waals surface area contributed by atoms with Gasteiger partial charge in [-0.1, -0.05) is 4.49 Å². The number of nitrogens with one attached hydrogen (secondary N) is 1. The maximum absolute atomic E-state index is 5.60. The van der Waals surface area contributed by atoms with Gasteiger partial charge in [-0.05, 0) is 23.7 Å². The number of hydrogen-bond donors (Lipinski definition) is 1. The van der Waals surface area contributed by atoms with Gasteiger partial charge in [-0.3, -0.25) is 0 Å². The maximum atomic E-state index is 5.60. The Morgan fingerprint density at radius 1 is 1.54 bits per heavy atom. The first kappa shape index (κ1) is 8.52. The number of halogens is 1. The molecule has 4 nitrogen and oxygen atoms in total. The Morgan fingerprint density at radius 2 is 2.46 bits per heavy atom. The van der Waals surface area contributed by atoms with Crippen LogP contribution in [0.25, 0.3) is 0 Å². The second-order valence-corrected chi connectivity index (χ2v) is 3.50. The first-order chi connectivity index (χ1) is 6.34. The highest BCUT2D eigenvalue weighted by Crippen LogP contribution is 2.15. The second-order valence-electron chi connectivity index (χ2n) is 2.34. The summed E-state index contributed by atoms with van der Waals surface area (Å²) in [6, 6.07) is 3.54. The molecule has 1 N–H and O–H groups in total. The molecule has 0 bridgehead atoms. The van der Waals surface area contributed by atoms with Gasteiger partial charge in [0, 0.05) is 11.5 Å². The van der Waals surface area contributed by atoms with Gasteiger partial charge in [0.1, 0.15) is 10.8 Å². The first-order valence-electron chi connectivity index (χ1n) is 3.60. The molecular weight excluding hydrogens is 210 g/mol. The van der Waals surface area contributed by atoms with Crippen LogP contribution in [0.5, 0.6) is 0 Å². The van der Waals surface area contributed by atoms with Gasteiger partial charge in [-0.15, -0.1) is 5.10 Å². The smallest absolute Gasteiger partial charge is 0.193 e. The Labute approximate surface area is 83.7 Å². The van der Waals surface area contributed by atoms with Gasteiger partial charge in [0.2, 0.25) is 0 Å². The summed E-state index contributed by atoms with van der Waals surface area (Å²) in [5.41, 5.74) is 0. The van der Waals surface area contributed by atoms with Gasteiger partial charge in [-0.25, -0.2) is 0 Å². The molecule has 0 aliphatic rings. The number of nitrogens with zero attached hydrogens (tertiary/aromatic N) is 2. The van der Waals surface area contributed by atoms with Crippen LogP contribution in [0.2, 0.25) is 5.22 Å². The molecule has 2 heterocycles. The van der Waals surface area contributed by atoms with E-state index >= 15 is 0 Å². The number of aromatic nitrogens is 2. The van der Waals surface area contributed by atoms with E-state index in [9.17, 15) is 0 Å². The van der Waals surface area contributed by atoms with Crippen molar-refractivity contribution in [3.63, 3.8) is 0 Å². The third-order valence-electron chi connectivity index (χ3n) is 1.43. The fourth-order valence-electron chi connectivity index (χ4n) is 0.866. The Hall–Kier alpha value is -1.07. The van der Waals surface area contributed by atoms with Crippen LogP contribution in [0.1, 0.15) is 5.76 Å². The molecule has 2 aromatic heterocycles. The van der Waals surface area contributed by atoms with E-state index in [-0.39, 0.29) is 0 Å². The highest BCUT2D eigenvalue weighted by atomic mass is 35.5. The first-order valence-corrected chi connectivity index (χ1v) is 4.75. The minimum absolute atomic E-state index is 0.402. The molecule has 13 heavy (non-hydrogen) atoms. The molecule has 0 saturated heterocycles. The predicted molar refractivity (Wildman–Crippen MR) is 51.0 cm³/mol. The Bertz CT molecular complexity index is 373. The van der Waals surface area contributed by atoms with Crippen LogP contribution in [-0.4, -0.2) is 9.59 Å². The minimum Gasteiger partial charge on any atom is -0.448 e. The van der Waals surface area contributed by atoms with Crippen LogP contribution < -0.4 is 5.32 Å². The van der Waals surface area contributed by atoms with Gasteiger partial charge in [0.05, 0.1) is 12.7 Å². The summed E-state index contributed by atoms with van der Waals surface area (Å²) >= 11 is 6.91. The topological polar surface area (TPSA) is 51.0 Å². The van der Waals surface area contributed by atoms with Crippen LogP contribution in [-0.2, 0) is 6.54 Å². The van der Waals surface area contributed by atoms with Crippen molar-refractivity contribution in [2.75, 3.05) is 5.32 Å². The van der Waals surface area contributed by atoms with Crippen LogP contribution in [0.4, 0.5) is 5.00 Å². The highest BCUT2D eigenvalue weighted by molar-refractivity contribution is 7.09. The Morgan fingerprint density at radius 3 is 3.08 bits per heavy atom. The predicted octanol–water partition coefficient (Wildman–Crippen LogP) is 2.40. The van der Waals surface area contributed by atoms with E-state index in [1.165, 1.54) is 11.5 Å². The third-order valence-corrected chi connectivity index (χ3v) is 2.25. The lowest BCUT2D eigenvalue weighted by Crippen LogP contribution is -1.95. The van der Waals surface area contributed by atoms with E-state index in [0.29, 0.717) is 11.8 Å². The fourth-order valence-corrected chi connectivity index (χ4v) is 1.44. The summed E-state index contributed by atoms with van der Waals surface area (Å²) in [6.45, 7) is 0.594. The van der Waals surface area contributed by atoms with Gasteiger partial charge >= 0.3 is 0 Å². The largest absolute Gasteiger partial charge is 0.448 e. The molecule has 2 rings (SSSR count). The van der Waals surface area contributed by atoms with E-state index < -0.39 is 0 Å². The zero-order chi connectivity index (χ0) is 9.10. The van der Waals surface area contributed by atoms with E-state index in [4.69, 9.17) is 16.0 Å². The molecule has 0 unspecified atom stereocenters. The molecule has 0 aliphatic carbocycles. The Kier molecular flexibility index (Phi) is 2.47. The molecular formula is C7H6ClN3OS. The molecule has 6 heteroatoms. The summed E-state index contributed by atoms with van der Waals surface area (Å²) < 4.78 is 8.86. The van der Waals surface area contributed by atoms with Crippen molar-refractivity contribution in [1.82, 2.24) is 9.59 Å². The molecule has 0 aliphatic heterocycles. The molecule has 0 radical (unpaired) electrons. The van der Waals surface area contributed by atoms with Gasteiger partial charge in [0.15, 0.2) is 5.22 Å². The molecule has 2 aromatic rings. The number of rotatable bonds is 3. The lowest BCUT2D eigenvalue weighted by atomic mass is 10.4. The lowest BCUT2D eigenvalue weighted by Gasteiger charge is -1.97. The number of hydrogen-bond acceptors (Lipinski definition) is 5. The van der Waals surface area contributed by atoms with Crippen molar-refractivity contribution in [3.8, 4) is 0 Å². The summed E-state index contributed by atoms with van der Waals surface area (Å²) in [5.74, 6) is 0.790. The lowest BCUT2D eigenvalue weighted by molar-refractivity contribution is 0.520. The van der Waals surface area contributed by atoms with Gasteiger partial charge in [0.25, 0.3) is 0 Å². The summed E-state index contributed by atoms with van der Waals surface area (Å²) in [7, 11) is 0. The van der Waals surface area contributed by atoms with Crippen LogP contribution >= 0.6 is 23.1 Å². The maximum Gasteiger partial charge on any atom is 0.193 e. The fraction of sp³-hybridized carbons (Fsp3) is 0.143. The minimum atomic E-state index is 0.402.